The Morgan fingerprint density at radius 2 is 1.85 bits per heavy atom. The van der Waals surface area contributed by atoms with Crippen molar-refractivity contribution in [2.24, 2.45) is 0 Å². The smallest absolute Gasteiger partial charge is 0.147 e. The van der Waals surface area contributed by atoms with Crippen molar-refractivity contribution < 1.29 is 9.13 Å². The summed E-state index contributed by atoms with van der Waals surface area (Å²) in [5.41, 5.74) is 2.93. The highest BCUT2D eigenvalue weighted by Crippen LogP contribution is 2.34. The molecule has 0 atom stereocenters. The number of fused-ring (bicyclic) bond motifs is 1. The first-order valence-corrected chi connectivity index (χ1v) is 9.71. The Bertz CT molecular complexity index is 871. The van der Waals surface area contributed by atoms with Crippen molar-refractivity contribution in [3.63, 3.8) is 0 Å². The topological polar surface area (TPSA) is 17.4 Å². The van der Waals surface area contributed by atoms with E-state index < -0.39 is 0 Å². The molecule has 0 saturated heterocycles. The number of hydrogen-bond acceptors (Lipinski definition) is 2. The molecule has 1 heterocycles. The molecule has 0 bridgehead atoms. The molecule has 144 valence electrons. The Morgan fingerprint density at radius 1 is 1.07 bits per heavy atom. The van der Waals surface area contributed by atoms with Crippen LogP contribution >= 0.6 is 0 Å². The Kier molecular flexibility index (Phi) is 6.51. The quantitative estimate of drug-likeness (QED) is 0.512. The van der Waals surface area contributed by atoms with E-state index in [1.54, 1.807) is 6.07 Å². The third-order valence-electron chi connectivity index (χ3n) is 4.83. The Morgan fingerprint density at radius 3 is 2.56 bits per heavy atom. The van der Waals surface area contributed by atoms with Gasteiger partial charge in [-0.3, -0.25) is 0 Å². The minimum Gasteiger partial charge on any atom is -0.488 e. The SMILES string of the molecule is CCCCn1cc(CCN(C)C)c2c(OCc3ccccc3)ccc(F)c21. The third kappa shape index (κ3) is 4.69. The number of unbranched alkanes of at least 4 members (excludes halogenated alkanes) is 1. The maximum Gasteiger partial charge on any atom is 0.147 e. The summed E-state index contributed by atoms with van der Waals surface area (Å²) in [5, 5.41) is 0.920. The first-order chi connectivity index (χ1) is 13.1. The fourth-order valence-electron chi connectivity index (χ4n) is 3.35. The fourth-order valence-corrected chi connectivity index (χ4v) is 3.35. The summed E-state index contributed by atoms with van der Waals surface area (Å²) < 4.78 is 22.9. The van der Waals surface area contributed by atoms with Crippen LogP contribution in [0.5, 0.6) is 5.75 Å². The molecule has 0 radical (unpaired) electrons. The molecule has 0 unspecified atom stereocenters. The van der Waals surface area contributed by atoms with Gasteiger partial charge in [0.1, 0.15) is 18.2 Å². The number of ether oxygens (including phenoxy) is 1. The van der Waals surface area contributed by atoms with E-state index in [0.717, 1.165) is 54.6 Å². The van der Waals surface area contributed by atoms with Crippen molar-refractivity contribution in [1.82, 2.24) is 9.47 Å². The summed E-state index contributed by atoms with van der Waals surface area (Å²) in [6, 6.07) is 13.4. The molecular formula is C23H29FN2O. The van der Waals surface area contributed by atoms with E-state index in [2.05, 4.69) is 36.7 Å². The molecule has 0 spiro atoms. The molecule has 1 aromatic heterocycles. The molecule has 2 aromatic carbocycles. The highest BCUT2D eigenvalue weighted by molar-refractivity contribution is 5.90. The number of likely N-dealkylation sites (N-methyl/N-ethyl adjacent to an activating group) is 1. The van der Waals surface area contributed by atoms with Crippen LogP contribution in [0.25, 0.3) is 10.9 Å². The van der Waals surface area contributed by atoms with Crippen LogP contribution in [0.4, 0.5) is 4.39 Å². The van der Waals surface area contributed by atoms with E-state index in [1.165, 1.54) is 6.07 Å². The zero-order chi connectivity index (χ0) is 19.2. The number of nitrogens with zero attached hydrogens (tertiary/aromatic N) is 2. The van der Waals surface area contributed by atoms with Gasteiger partial charge in [0.25, 0.3) is 0 Å². The van der Waals surface area contributed by atoms with Gasteiger partial charge >= 0.3 is 0 Å². The molecule has 0 aliphatic rings. The van der Waals surface area contributed by atoms with Crippen molar-refractivity contribution in [3.05, 3.63) is 65.6 Å². The summed E-state index contributed by atoms with van der Waals surface area (Å²) in [5.74, 6) is 0.587. The highest BCUT2D eigenvalue weighted by atomic mass is 19.1. The molecule has 0 saturated carbocycles. The molecule has 0 aliphatic heterocycles. The van der Waals surface area contributed by atoms with E-state index in [0.29, 0.717) is 12.1 Å². The van der Waals surface area contributed by atoms with Crippen molar-refractivity contribution in [2.75, 3.05) is 20.6 Å². The number of rotatable bonds is 9. The molecule has 0 aliphatic carbocycles. The normalized spacial score (nSPS) is 11.4. The predicted molar refractivity (Wildman–Crippen MR) is 110 cm³/mol. The van der Waals surface area contributed by atoms with Gasteiger partial charge in [0.05, 0.1) is 5.52 Å². The van der Waals surface area contributed by atoms with Crippen LogP contribution in [0.1, 0.15) is 30.9 Å². The van der Waals surface area contributed by atoms with Crippen molar-refractivity contribution in [1.29, 1.82) is 0 Å². The molecule has 3 rings (SSSR count). The maximum atomic E-state index is 14.7. The Balaban J connectivity index is 1.98. The van der Waals surface area contributed by atoms with Crippen LogP contribution < -0.4 is 4.74 Å². The van der Waals surface area contributed by atoms with Crippen LogP contribution in [0.15, 0.2) is 48.7 Å². The van der Waals surface area contributed by atoms with Crippen LogP contribution in [0, 0.1) is 5.82 Å². The van der Waals surface area contributed by atoms with E-state index >= 15 is 0 Å². The van der Waals surface area contributed by atoms with Crippen molar-refractivity contribution >= 4 is 10.9 Å². The highest BCUT2D eigenvalue weighted by Gasteiger charge is 2.17. The van der Waals surface area contributed by atoms with Crippen LogP contribution in [0.3, 0.4) is 0 Å². The van der Waals surface area contributed by atoms with Crippen LogP contribution in [-0.2, 0) is 19.6 Å². The lowest BCUT2D eigenvalue weighted by atomic mass is 10.1. The number of hydrogen-bond donors (Lipinski definition) is 0. The summed E-state index contributed by atoms with van der Waals surface area (Å²) in [6.45, 7) is 4.38. The van der Waals surface area contributed by atoms with Gasteiger partial charge in [-0.05, 0) is 50.2 Å². The lowest BCUT2D eigenvalue weighted by Crippen LogP contribution is -2.15. The molecule has 0 fully saturated rings. The van der Waals surface area contributed by atoms with E-state index in [9.17, 15) is 4.39 Å². The minimum atomic E-state index is -0.177. The largest absolute Gasteiger partial charge is 0.488 e. The standard InChI is InChI=1S/C23H29FN2O/c1-4-5-14-26-16-19(13-15-25(2)3)22-21(12-11-20(24)23(22)26)27-17-18-9-7-6-8-10-18/h6-12,16H,4-5,13-15,17H2,1-3H3. The maximum absolute atomic E-state index is 14.7. The fraction of sp³-hybridized carbons (Fsp3) is 0.391. The third-order valence-corrected chi connectivity index (χ3v) is 4.83. The van der Waals surface area contributed by atoms with Crippen LogP contribution in [-0.4, -0.2) is 30.1 Å². The number of halogens is 1. The average Bonchev–Trinajstić information content (AvgIpc) is 3.04. The van der Waals surface area contributed by atoms with Gasteiger partial charge in [0, 0.05) is 24.7 Å². The molecule has 3 aromatic rings. The first-order valence-electron chi connectivity index (χ1n) is 9.71. The van der Waals surface area contributed by atoms with E-state index in [4.69, 9.17) is 4.74 Å². The van der Waals surface area contributed by atoms with Gasteiger partial charge in [-0.15, -0.1) is 0 Å². The second-order valence-corrected chi connectivity index (χ2v) is 7.30. The second kappa shape index (κ2) is 9.05. The van der Waals surface area contributed by atoms with Gasteiger partial charge < -0.3 is 14.2 Å². The summed E-state index contributed by atoms with van der Waals surface area (Å²) in [7, 11) is 4.12. The van der Waals surface area contributed by atoms with E-state index in [-0.39, 0.29) is 5.82 Å². The molecule has 0 N–H and O–H groups in total. The number of benzene rings is 2. The zero-order valence-electron chi connectivity index (χ0n) is 16.5. The van der Waals surface area contributed by atoms with Crippen molar-refractivity contribution in [3.8, 4) is 5.75 Å². The molecule has 27 heavy (non-hydrogen) atoms. The zero-order valence-corrected chi connectivity index (χ0v) is 16.5. The minimum absolute atomic E-state index is 0.177. The predicted octanol–water partition coefficient (Wildman–Crippen LogP) is 5.26. The van der Waals surface area contributed by atoms with Gasteiger partial charge in [0.2, 0.25) is 0 Å². The van der Waals surface area contributed by atoms with Crippen LogP contribution in [0.2, 0.25) is 0 Å². The van der Waals surface area contributed by atoms with Gasteiger partial charge in [-0.25, -0.2) is 4.39 Å². The Hall–Kier alpha value is -2.33. The van der Waals surface area contributed by atoms with Gasteiger partial charge in [-0.1, -0.05) is 43.7 Å². The number of aryl methyl sites for hydroxylation is 1. The molecule has 0 amide bonds. The first kappa shape index (κ1) is 19.4. The monoisotopic (exact) mass is 368 g/mol. The summed E-state index contributed by atoms with van der Waals surface area (Å²) in [6.07, 6.45) is 5.10. The number of aromatic nitrogens is 1. The van der Waals surface area contributed by atoms with Gasteiger partial charge in [-0.2, -0.15) is 0 Å². The van der Waals surface area contributed by atoms with Gasteiger partial charge in [0.15, 0.2) is 0 Å². The second-order valence-electron chi connectivity index (χ2n) is 7.30. The summed E-state index contributed by atoms with van der Waals surface area (Å²) in [4.78, 5) is 2.15. The van der Waals surface area contributed by atoms with E-state index in [1.807, 2.05) is 30.3 Å². The molecule has 4 heteroatoms. The van der Waals surface area contributed by atoms with Crippen molar-refractivity contribution in [2.45, 2.75) is 39.3 Å². The molecular weight excluding hydrogens is 339 g/mol. The summed E-state index contributed by atoms with van der Waals surface area (Å²) >= 11 is 0. The molecule has 3 nitrogen and oxygen atoms in total. The average molecular weight is 368 g/mol. The lowest BCUT2D eigenvalue weighted by Gasteiger charge is -2.12. The lowest BCUT2D eigenvalue weighted by molar-refractivity contribution is 0.309. The Labute approximate surface area is 161 Å².